The highest BCUT2D eigenvalue weighted by Crippen LogP contribution is 2.19. The van der Waals surface area contributed by atoms with Crippen LogP contribution in [0.2, 0.25) is 0 Å². The van der Waals surface area contributed by atoms with E-state index in [0.29, 0.717) is 0 Å². The Balaban J connectivity index is 3.33. The molecule has 0 spiro atoms. The first-order valence-corrected chi connectivity index (χ1v) is 3.97. The third-order valence-electron chi connectivity index (χ3n) is 1.39. The fourth-order valence-corrected chi connectivity index (χ4v) is 1.11. The lowest BCUT2D eigenvalue weighted by Gasteiger charge is -1.99. The fraction of sp³-hybridized carbons (Fsp3) is 0.125. The maximum atomic E-state index is 12.9. The van der Waals surface area contributed by atoms with Crippen LogP contribution in [0.4, 0.5) is 8.78 Å². The summed E-state index contributed by atoms with van der Waals surface area (Å²) in [5, 5.41) is 0. The first kappa shape index (κ1) is 9.32. The van der Waals surface area contributed by atoms with Gasteiger partial charge in [-0.3, -0.25) is 4.79 Å². The number of halogens is 3. The molecule has 1 aromatic rings. The molecule has 1 nitrogen and oxygen atoms in total. The van der Waals surface area contributed by atoms with Crippen LogP contribution < -0.4 is 0 Å². The molecule has 0 amide bonds. The van der Waals surface area contributed by atoms with Gasteiger partial charge >= 0.3 is 0 Å². The van der Waals surface area contributed by atoms with Gasteiger partial charge in [-0.05, 0) is 35.0 Å². The van der Waals surface area contributed by atoms with E-state index >= 15 is 0 Å². The van der Waals surface area contributed by atoms with Gasteiger partial charge in [-0.2, -0.15) is 0 Å². The molecule has 0 radical (unpaired) electrons. The Bertz CT molecular complexity index is 336. The Hall–Kier alpha value is -0.770. The van der Waals surface area contributed by atoms with Crippen LogP contribution in [-0.2, 0) is 0 Å². The Labute approximate surface area is 76.5 Å². The van der Waals surface area contributed by atoms with E-state index in [0.717, 1.165) is 12.1 Å². The summed E-state index contributed by atoms with van der Waals surface area (Å²) >= 11 is 2.80. The molecular formula is C8H5BrF2O. The molecule has 1 aromatic carbocycles. The van der Waals surface area contributed by atoms with Crippen LogP contribution in [0.5, 0.6) is 0 Å². The summed E-state index contributed by atoms with van der Waals surface area (Å²) < 4.78 is 25.6. The number of carbonyl (C=O) groups excluding carboxylic acids is 1. The molecule has 0 aromatic heterocycles. The molecule has 0 aliphatic rings. The Morgan fingerprint density at radius 1 is 1.33 bits per heavy atom. The van der Waals surface area contributed by atoms with Gasteiger partial charge in [0.2, 0.25) is 0 Å². The van der Waals surface area contributed by atoms with E-state index in [-0.39, 0.29) is 10.0 Å². The SMILES string of the molecule is CC(=O)c1cc(F)c(Br)cc1F. The summed E-state index contributed by atoms with van der Waals surface area (Å²) in [5.74, 6) is -1.84. The van der Waals surface area contributed by atoms with E-state index in [1.54, 1.807) is 0 Å². The Morgan fingerprint density at radius 3 is 2.42 bits per heavy atom. The lowest BCUT2D eigenvalue weighted by molar-refractivity contribution is 0.101. The molecule has 0 aliphatic carbocycles. The summed E-state index contributed by atoms with van der Waals surface area (Å²) in [7, 11) is 0. The third kappa shape index (κ3) is 1.69. The number of carbonyl (C=O) groups is 1. The molecular weight excluding hydrogens is 230 g/mol. The van der Waals surface area contributed by atoms with Gasteiger partial charge in [0.25, 0.3) is 0 Å². The molecule has 4 heteroatoms. The van der Waals surface area contributed by atoms with Crippen molar-refractivity contribution in [1.82, 2.24) is 0 Å². The summed E-state index contributed by atoms with van der Waals surface area (Å²) in [6, 6.07) is 1.81. The van der Waals surface area contributed by atoms with Crippen molar-refractivity contribution in [2.24, 2.45) is 0 Å². The molecule has 0 N–H and O–H groups in total. The van der Waals surface area contributed by atoms with E-state index in [1.807, 2.05) is 0 Å². The number of hydrogen-bond donors (Lipinski definition) is 0. The number of benzene rings is 1. The highest BCUT2D eigenvalue weighted by Gasteiger charge is 2.10. The highest BCUT2D eigenvalue weighted by atomic mass is 79.9. The standard InChI is InChI=1S/C8H5BrF2O/c1-4(12)5-2-8(11)6(9)3-7(5)10/h2-3H,1H3. The fourth-order valence-electron chi connectivity index (χ4n) is 0.792. The number of hydrogen-bond acceptors (Lipinski definition) is 1. The predicted octanol–water partition coefficient (Wildman–Crippen LogP) is 2.93. The molecule has 0 heterocycles. The van der Waals surface area contributed by atoms with Crippen molar-refractivity contribution in [2.45, 2.75) is 6.92 Å². The van der Waals surface area contributed by atoms with Crippen molar-refractivity contribution in [2.75, 3.05) is 0 Å². The van der Waals surface area contributed by atoms with E-state index in [9.17, 15) is 13.6 Å². The molecule has 0 fully saturated rings. The third-order valence-corrected chi connectivity index (χ3v) is 2.00. The molecule has 64 valence electrons. The Morgan fingerprint density at radius 2 is 1.92 bits per heavy atom. The zero-order valence-electron chi connectivity index (χ0n) is 6.20. The second-order valence-corrected chi connectivity index (χ2v) is 3.16. The van der Waals surface area contributed by atoms with Crippen LogP contribution in [0.15, 0.2) is 16.6 Å². The van der Waals surface area contributed by atoms with Crippen molar-refractivity contribution in [1.29, 1.82) is 0 Å². The van der Waals surface area contributed by atoms with E-state index in [4.69, 9.17) is 0 Å². The maximum absolute atomic E-state index is 12.9. The monoisotopic (exact) mass is 234 g/mol. The van der Waals surface area contributed by atoms with Crippen LogP contribution >= 0.6 is 15.9 Å². The first-order chi connectivity index (χ1) is 5.52. The molecule has 12 heavy (non-hydrogen) atoms. The topological polar surface area (TPSA) is 17.1 Å². The minimum absolute atomic E-state index is 0.0185. The summed E-state index contributed by atoms with van der Waals surface area (Å²) in [6.45, 7) is 1.19. The lowest BCUT2D eigenvalue weighted by atomic mass is 10.1. The maximum Gasteiger partial charge on any atom is 0.162 e. The molecule has 0 unspecified atom stereocenters. The average Bonchev–Trinajstić information content (AvgIpc) is 1.96. The predicted molar refractivity (Wildman–Crippen MR) is 44.1 cm³/mol. The van der Waals surface area contributed by atoms with Gasteiger partial charge in [0.1, 0.15) is 11.6 Å². The van der Waals surface area contributed by atoms with Gasteiger partial charge in [0.15, 0.2) is 5.78 Å². The minimum Gasteiger partial charge on any atom is -0.294 e. The van der Waals surface area contributed by atoms with Crippen molar-refractivity contribution in [3.8, 4) is 0 Å². The number of Topliss-reactive ketones (excluding diaryl/α,β-unsaturated/α-hetero) is 1. The Kier molecular flexibility index (Phi) is 2.57. The van der Waals surface area contributed by atoms with Gasteiger partial charge in [-0.15, -0.1) is 0 Å². The van der Waals surface area contributed by atoms with Crippen LogP contribution in [0.1, 0.15) is 17.3 Å². The minimum atomic E-state index is -0.712. The van der Waals surface area contributed by atoms with Gasteiger partial charge < -0.3 is 0 Å². The van der Waals surface area contributed by atoms with Gasteiger partial charge in [0, 0.05) is 0 Å². The zero-order chi connectivity index (χ0) is 9.30. The molecule has 1 rings (SSSR count). The normalized spacial score (nSPS) is 10.0. The van der Waals surface area contributed by atoms with Crippen LogP contribution in [0, 0.1) is 11.6 Å². The van der Waals surface area contributed by atoms with Gasteiger partial charge in [-0.25, -0.2) is 8.78 Å². The second-order valence-electron chi connectivity index (χ2n) is 2.30. The lowest BCUT2D eigenvalue weighted by Crippen LogP contribution is -1.98. The van der Waals surface area contributed by atoms with E-state index in [1.165, 1.54) is 6.92 Å². The van der Waals surface area contributed by atoms with Crippen molar-refractivity contribution in [3.05, 3.63) is 33.8 Å². The van der Waals surface area contributed by atoms with Crippen LogP contribution in [0.3, 0.4) is 0 Å². The highest BCUT2D eigenvalue weighted by molar-refractivity contribution is 9.10. The largest absolute Gasteiger partial charge is 0.294 e. The van der Waals surface area contributed by atoms with E-state index < -0.39 is 17.4 Å². The summed E-state index contributed by atoms with van der Waals surface area (Å²) in [5.41, 5.74) is -0.226. The summed E-state index contributed by atoms with van der Waals surface area (Å²) in [6.07, 6.45) is 0. The van der Waals surface area contributed by atoms with Crippen molar-refractivity contribution >= 4 is 21.7 Å². The second kappa shape index (κ2) is 3.31. The van der Waals surface area contributed by atoms with Gasteiger partial charge in [-0.1, -0.05) is 0 Å². The average molecular weight is 235 g/mol. The number of rotatable bonds is 1. The van der Waals surface area contributed by atoms with E-state index in [2.05, 4.69) is 15.9 Å². The van der Waals surface area contributed by atoms with Crippen LogP contribution in [-0.4, -0.2) is 5.78 Å². The molecule has 0 aliphatic heterocycles. The molecule has 0 bridgehead atoms. The van der Waals surface area contributed by atoms with Gasteiger partial charge in [0.05, 0.1) is 10.0 Å². The smallest absolute Gasteiger partial charge is 0.162 e. The molecule has 0 atom stereocenters. The first-order valence-electron chi connectivity index (χ1n) is 3.18. The molecule has 0 saturated heterocycles. The van der Waals surface area contributed by atoms with Crippen LogP contribution in [0.25, 0.3) is 0 Å². The van der Waals surface area contributed by atoms with Crippen molar-refractivity contribution < 1.29 is 13.6 Å². The zero-order valence-corrected chi connectivity index (χ0v) is 7.78. The summed E-state index contributed by atoms with van der Waals surface area (Å²) in [4.78, 5) is 10.7. The number of ketones is 1. The molecule has 0 saturated carbocycles. The van der Waals surface area contributed by atoms with Crippen molar-refractivity contribution in [3.63, 3.8) is 0 Å². The quantitative estimate of drug-likeness (QED) is 0.540.